The first-order valence-electron chi connectivity index (χ1n) is 12.6. The first kappa shape index (κ1) is 28.1. The zero-order valence-corrected chi connectivity index (χ0v) is 22.1. The summed E-state index contributed by atoms with van der Waals surface area (Å²) in [6.45, 7) is 6.30. The van der Waals surface area contributed by atoms with Gasteiger partial charge in [0.15, 0.2) is 0 Å². The third kappa shape index (κ3) is 6.85. The van der Waals surface area contributed by atoms with Gasteiger partial charge in [-0.15, -0.1) is 0 Å². The second-order valence-corrected chi connectivity index (χ2v) is 9.54. The van der Waals surface area contributed by atoms with Crippen molar-refractivity contribution in [3.05, 3.63) is 59.4 Å². The minimum Gasteiger partial charge on any atom is -0.491 e. The number of nitrogens with zero attached hydrogens (tertiary/aromatic N) is 2. The smallest absolute Gasteiger partial charge is 0.257 e. The molecule has 0 bridgehead atoms. The Hall–Kier alpha value is -3.46. The van der Waals surface area contributed by atoms with Crippen LogP contribution in [0.25, 0.3) is 0 Å². The van der Waals surface area contributed by atoms with Crippen molar-refractivity contribution < 1.29 is 28.2 Å². The molecule has 9 heteroatoms. The van der Waals surface area contributed by atoms with Crippen molar-refractivity contribution in [1.82, 2.24) is 9.80 Å². The van der Waals surface area contributed by atoms with Crippen LogP contribution < -0.4 is 10.1 Å². The maximum atomic E-state index is 14.5. The highest BCUT2D eigenvalue weighted by atomic mass is 19.1. The Kier molecular flexibility index (Phi) is 9.63. The zero-order chi connectivity index (χ0) is 27.1. The molecule has 0 saturated carbocycles. The van der Waals surface area contributed by atoms with E-state index in [1.807, 2.05) is 20.8 Å². The van der Waals surface area contributed by atoms with E-state index in [0.717, 1.165) is 0 Å². The predicted molar refractivity (Wildman–Crippen MR) is 139 cm³/mol. The number of fused-ring (bicyclic) bond motifs is 1. The molecule has 1 aliphatic rings. The van der Waals surface area contributed by atoms with Crippen molar-refractivity contribution in [2.24, 2.45) is 5.92 Å². The lowest BCUT2D eigenvalue weighted by Crippen LogP contribution is -2.48. The fraction of sp³-hybridized carbons (Fsp3) is 0.464. The molecule has 0 aliphatic carbocycles. The molecule has 3 rings (SSSR count). The average molecular weight is 514 g/mol. The monoisotopic (exact) mass is 513 g/mol. The number of halogens is 1. The van der Waals surface area contributed by atoms with Gasteiger partial charge in [0.2, 0.25) is 5.91 Å². The van der Waals surface area contributed by atoms with Crippen molar-refractivity contribution in [2.75, 3.05) is 39.2 Å². The molecular formula is C28H36FN3O5. The fourth-order valence-corrected chi connectivity index (χ4v) is 4.38. The van der Waals surface area contributed by atoms with Crippen LogP contribution in [0.3, 0.4) is 0 Å². The van der Waals surface area contributed by atoms with Gasteiger partial charge in [0.25, 0.3) is 11.8 Å². The number of carbonyl (C=O) groups excluding carboxylic acids is 3. The molecule has 2 aromatic rings. The summed E-state index contributed by atoms with van der Waals surface area (Å²) in [7, 11) is 3.24. The summed E-state index contributed by atoms with van der Waals surface area (Å²) in [6, 6.07) is 10.4. The Morgan fingerprint density at radius 1 is 1.16 bits per heavy atom. The lowest BCUT2D eigenvalue weighted by atomic mass is 10.0. The summed E-state index contributed by atoms with van der Waals surface area (Å²) < 4.78 is 26.3. The highest BCUT2D eigenvalue weighted by Crippen LogP contribution is 2.27. The highest BCUT2D eigenvalue weighted by molar-refractivity contribution is 5.99. The second-order valence-electron chi connectivity index (χ2n) is 9.54. The molecule has 0 radical (unpaired) electrons. The number of likely N-dealkylation sites (N-methyl/N-ethyl adjacent to an activating group) is 1. The molecule has 1 heterocycles. The third-order valence-electron chi connectivity index (χ3n) is 6.57. The van der Waals surface area contributed by atoms with Gasteiger partial charge < -0.3 is 24.6 Å². The van der Waals surface area contributed by atoms with Gasteiger partial charge in [-0.1, -0.05) is 26.0 Å². The number of nitrogens with one attached hydrogen (secondary N) is 1. The van der Waals surface area contributed by atoms with Crippen molar-refractivity contribution in [2.45, 2.75) is 45.8 Å². The van der Waals surface area contributed by atoms with Crippen LogP contribution in [0.2, 0.25) is 0 Å². The normalized spacial score (nSPS) is 20.8. The molecule has 0 unspecified atom stereocenters. The van der Waals surface area contributed by atoms with Crippen LogP contribution in [0.4, 0.5) is 10.1 Å². The van der Waals surface area contributed by atoms with Gasteiger partial charge in [0.05, 0.1) is 23.3 Å². The predicted octanol–water partition coefficient (Wildman–Crippen LogP) is 4.21. The number of rotatable bonds is 5. The number of ether oxygens (including phenoxy) is 2. The Morgan fingerprint density at radius 3 is 2.57 bits per heavy atom. The summed E-state index contributed by atoms with van der Waals surface area (Å²) in [5.41, 5.74) is 0.775. The van der Waals surface area contributed by atoms with Crippen molar-refractivity contribution in [3.8, 4) is 5.75 Å². The SMILES string of the molecule is CCCC(=O)Nc1ccc2c(c1)C(=O)N(C)C[C@@H](OC)[C@H](C)CN(C(=O)c1ccccc1F)[C@H](C)CO2. The quantitative estimate of drug-likeness (QED) is 0.647. The van der Waals surface area contributed by atoms with Crippen LogP contribution in [-0.2, 0) is 9.53 Å². The fourth-order valence-electron chi connectivity index (χ4n) is 4.38. The highest BCUT2D eigenvalue weighted by Gasteiger charge is 2.31. The van der Waals surface area contributed by atoms with Crippen molar-refractivity contribution >= 4 is 23.4 Å². The van der Waals surface area contributed by atoms with Crippen LogP contribution in [0, 0.1) is 11.7 Å². The molecule has 2 aromatic carbocycles. The van der Waals surface area contributed by atoms with E-state index in [-0.39, 0.29) is 49.1 Å². The number of methoxy groups -OCH3 is 1. The van der Waals surface area contributed by atoms with Gasteiger partial charge in [0.1, 0.15) is 18.2 Å². The van der Waals surface area contributed by atoms with Crippen LogP contribution in [0.15, 0.2) is 42.5 Å². The van der Waals surface area contributed by atoms with E-state index in [4.69, 9.17) is 9.47 Å². The number of amides is 3. The van der Waals surface area contributed by atoms with Gasteiger partial charge in [-0.25, -0.2) is 4.39 Å². The Balaban J connectivity index is 1.98. The van der Waals surface area contributed by atoms with Crippen molar-refractivity contribution in [1.29, 1.82) is 0 Å². The van der Waals surface area contributed by atoms with Gasteiger partial charge in [0, 0.05) is 45.3 Å². The van der Waals surface area contributed by atoms with E-state index in [9.17, 15) is 18.8 Å². The Labute approximate surface area is 217 Å². The molecule has 37 heavy (non-hydrogen) atoms. The summed E-state index contributed by atoms with van der Waals surface area (Å²) in [6.07, 6.45) is 0.699. The maximum Gasteiger partial charge on any atom is 0.257 e. The molecule has 0 fully saturated rings. The number of anilines is 1. The summed E-state index contributed by atoms with van der Waals surface area (Å²) in [4.78, 5) is 42.1. The first-order chi connectivity index (χ1) is 17.7. The van der Waals surface area contributed by atoms with E-state index < -0.39 is 17.8 Å². The maximum absolute atomic E-state index is 14.5. The molecule has 3 amide bonds. The number of hydrogen-bond donors (Lipinski definition) is 1. The molecule has 8 nitrogen and oxygen atoms in total. The minimum absolute atomic E-state index is 0.0113. The number of benzene rings is 2. The average Bonchev–Trinajstić information content (AvgIpc) is 2.88. The second kappa shape index (κ2) is 12.7. The minimum atomic E-state index is -0.587. The van der Waals surface area contributed by atoms with Crippen LogP contribution in [0.1, 0.15) is 54.3 Å². The Bertz CT molecular complexity index is 1120. The van der Waals surface area contributed by atoms with E-state index in [0.29, 0.717) is 29.8 Å². The largest absolute Gasteiger partial charge is 0.491 e. The third-order valence-corrected chi connectivity index (χ3v) is 6.57. The zero-order valence-electron chi connectivity index (χ0n) is 22.1. The number of hydrogen-bond acceptors (Lipinski definition) is 5. The lowest BCUT2D eigenvalue weighted by Gasteiger charge is -2.36. The van der Waals surface area contributed by atoms with Crippen LogP contribution >= 0.6 is 0 Å². The standard InChI is InChI=1S/C28H36FN3O5/c1-6-9-26(33)30-20-12-13-24-22(14-20)27(34)31(4)16-25(36-5)18(2)15-32(19(3)17-37-24)28(35)21-10-7-8-11-23(21)29/h7-8,10-14,18-19,25H,6,9,15-17H2,1-5H3,(H,30,33)/t18-,19-,25-/m1/s1. The van der Waals surface area contributed by atoms with Crippen molar-refractivity contribution in [3.63, 3.8) is 0 Å². The number of carbonyl (C=O) groups is 3. The van der Waals surface area contributed by atoms with Gasteiger partial charge in [-0.05, 0) is 43.7 Å². The topological polar surface area (TPSA) is 88.2 Å². The first-order valence-corrected chi connectivity index (χ1v) is 12.6. The summed E-state index contributed by atoms with van der Waals surface area (Å²) in [5, 5.41) is 2.82. The van der Waals surface area contributed by atoms with E-state index >= 15 is 0 Å². The molecule has 1 N–H and O–H groups in total. The molecule has 3 atom stereocenters. The molecule has 200 valence electrons. The molecule has 0 saturated heterocycles. The summed E-state index contributed by atoms with van der Waals surface area (Å²) >= 11 is 0. The molecular weight excluding hydrogens is 477 g/mol. The van der Waals surface area contributed by atoms with Gasteiger partial charge in [-0.3, -0.25) is 14.4 Å². The van der Waals surface area contributed by atoms with Gasteiger partial charge >= 0.3 is 0 Å². The summed E-state index contributed by atoms with van der Waals surface area (Å²) in [5.74, 6) is -1.28. The van der Waals surface area contributed by atoms with E-state index in [2.05, 4.69) is 5.32 Å². The lowest BCUT2D eigenvalue weighted by molar-refractivity contribution is -0.116. The van der Waals surface area contributed by atoms with E-state index in [1.54, 1.807) is 54.3 Å². The molecule has 0 aromatic heterocycles. The van der Waals surface area contributed by atoms with Crippen LogP contribution in [0.5, 0.6) is 5.75 Å². The van der Waals surface area contributed by atoms with Gasteiger partial charge in [-0.2, -0.15) is 0 Å². The van der Waals surface area contributed by atoms with E-state index in [1.165, 1.54) is 12.1 Å². The molecule has 0 spiro atoms. The van der Waals surface area contributed by atoms with Crippen LogP contribution in [-0.4, -0.2) is 73.5 Å². The Morgan fingerprint density at radius 2 is 1.89 bits per heavy atom. The molecule has 1 aliphatic heterocycles.